The number of imide groups is 1. The highest BCUT2D eigenvalue weighted by Crippen LogP contribution is 2.24. The molecule has 0 unspecified atom stereocenters. The molecule has 2 atom stereocenters. The number of carbonyl (C=O) groups is 3. The number of ether oxygens (including phenoxy) is 1. The number of aliphatic hydroxyl groups excluding tert-OH is 1. The number of aliphatic hydroxyl groups is 1. The molecule has 0 bridgehead atoms. The van der Waals surface area contributed by atoms with Crippen LogP contribution in [-0.4, -0.2) is 41.1 Å². The van der Waals surface area contributed by atoms with E-state index in [9.17, 15) is 19.5 Å². The summed E-state index contributed by atoms with van der Waals surface area (Å²) in [6.45, 7) is 0.00321. The standard InChI is InChI=1S/C20H19ClN2O5S/c1-28-16-7-6-13(21)9-14(16)18(25)22-10-15(24)12-4-2-11(3-5-12)8-17-19(26)23-20(27)29-17/h2-7,9,15,17,24H,8,10H2,1H3,(H,22,25)(H,23,26,27)/t15-,17-/m1/s1. The molecule has 2 aromatic carbocycles. The Morgan fingerprint density at radius 3 is 2.62 bits per heavy atom. The Kier molecular flexibility index (Phi) is 6.79. The highest BCUT2D eigenvalue weighted by atomic mass is 35.5. The topological polar surface area (TPSA) is 105 Å². The van der Waals surface area contributed by atoms with Crippen LogP contribution in [0.2, 0.25) is 5.02 Å². The quantitative estimate of drug-likeness (QED) is 0.619. The van der Waals surface area contributed by atoms with Crippen molar-refractivity contribution >= 4 is 40.4 Å². The lowest BCUT2D eigenvalue weighted by Crippen LogP contribution is -2.28. The molecule has 1 aliphatic rings. The molecule has 0 aliphatic carbocycles. The first kappa shape index (κ1) is 21.2. The summed E-state index contributed by atoms with van der Waals surface area (Å²) in [5.74, 6) is -0.310. The normalized spacial score (nSPS) is 17.0. The lowest BCUT2D eigenvalue weighted by Gasteiger charge is -2.14. The Morgan fingerprint density at radius 1 is 1.28 bits per heavy atom. The molecule has 1 fully saturated rings. The highest BCUT2D eigenvalue weighted by Gasteiger charge is 2.31. The first-order chi connectivity index (χ1) is 13.9. The zero-order valence-corrected chi connectivity index (χ0v) is 17.0. The van der Waals surface area contributed by atoms with Crippen molar-refractivity contribution in [2.24, 2.45) is 0 Å². The summed E-state index contributed by atoms with van der Waals surface area (Å²) in [6.07, 6.45) is -0.492. The van der Waals surface area contributed by atoms with Crippen molar-refractivity contribution in [3.8, 4) is 5.75 Å². The zero-order chi connectivity index (χ0) is 21.0. The second-order valence-corrected chi connectivity index (χ2v) is 8.01. The maximum Gasteiger partial charge on any atom is 0.286 e. The van der Waals surface area contributed by atoms with Crippen LogP contribution in [-0.2, 0) is 11.2 Å². The number of hydrogen-bond acceptors (Lipinski definition) is 6. The van der Waals surface area contributed by atoms with Gasteiger partial charge in [0.15, 0.2) is 0 Å². The van der Waals surface area contributed by atoms with Crippen LogP contribution in [0.4, 0.5) is 4.79 Å². The largest absolute Gasteiger partial charge is 0.496 e. The van der Waals surface area contributed by atoms with Crippen molar-refractivity contribution in [2.75, 3.05) is 13.7 Å². The van der Waals surface area contributed by atoms with E-state index in [-0.39, 0.29) is 23.3 Å². The van der Waals surface area contributed by atoms with E-state index in [2.05, 4.69) is 10.6 Å². The van der Waals surface area contributed by atoms with Crippen molar-refractivity contribution in [1.29, 1.82) is 0 Å². The second-order valence-electron chi connectivity index (χ2n) is 6.40. The van der Waals surface area contributed by atoms with Crippen LogP contribution in [0.25, 0.3) is 0 Å². The summed E-state index contributed by atoms with van der Waals surface area (Å²) in [6, 6.07) is 11.8. The summed E-state index contributed by atoms with van der Waals surface area (Å²) in [5, 5.41) is 14.9. The second kappa shape index (κ2) is 9.30. The Balaban J connectivity index is 1.57. The van der Waals surface area contributed by atoms with Crippen LogP contribution in [0.5, 0.6) is 5.75 Å². The van der Waals surface area contributed by atoms with Crippen LogP contribution < -0.4 is 15.4 Å². The van der Waals surface area contributed by atoms with Crippen molar-refractivity contribution < 1.29 is 24.2 Å². The number of methoxy groups -OCH3 is 1. The molecule has 1 saturated heterocycles. The van der Waals surface area contributed by atoms with Crippen molar-refractivity contribution in [1.82, 2.24) is 10.6 Å². The molecule has 0 aromatic heterocycles. The van der Waals surface area contributed by atoms with E-state index in [1.165, 1.54) is 13.2 Å². The maximum absolute atomic E-state index is 12.4. The van der Waals surface area contributed by atoms with Gasteiger partial charge >= 0.3 is 0 Å². The Morgan fingerprint density at radius 2 is 2.00 bits per heavy atom. The van der Waals surface area contributed by atoms with Crippen LogP contribution in [0.1, 0.15) is 27.6 Å². The molecular weight excluding hydrogens is 416 g/mol. The molecule has 3 amide bonds. The third-order valence-electron chi connectivity index (χ3n) is 4.41. The Labute approximate surface area is 176 Å². The van der Waals surface area contributed by atoms with Gasteiger partial charge in [0.25, 0.3) is 11.1 Å². The van der Waals surface area contributed by atoms with Crippen LogP contribution in [0, 0.1) is 0 Å². The molecule has 0 spiro atoms. The highest BCUT2D eigenvalue weighted by molar-refractivity contribution is 8.15. The minimum atomic E-state index is -0.913. The number of amides is 3. The summed E-state index contributed by atoms with van der Waals surface area (Å²) >= 11 is 6.92. The number of rotatable bonds is 7. The Hall–Kier alpha value is -2.55. The van der Waals surface area contributed by atoms with Gasteiger partial charge in [-0.2, -0.15) is 0 Å². The van der Waals surface area contributed by atoms with Crippen LogP contribution >= 0.6 is 23.4 Å². The fourth-order valence-electron chi connectivity index (χ4n) is 2.88. The minimum absolute atomic E-state index is 0.00321. The van der Waals surface area contributed by atoms with E-state index < -0.39 is 17.3 Å². The van der Waals surface area contributed by atoms with Gasteiger partial charge in [-0.3, -0.25) is 19.7 Å². The third kappa shape index (κ3) is 5.29. The van der Waals surface area contributed by atoms with Gasteiger partial charge in [0, 0.05) is 11.6 Å². The van der Waals surface area contributed by atoms with Gasteiger partial charge in [0.05, 0.1) is 24.0 Å². The van der Waals surface area contributed by atoms with Gasteiger partial charge in [-0.25, -0.2) is 0 Å². The lowest BCUT2D eigenvalue weighted by molar-refractivity contribution is -0.118. The van der Waals surface area contributed by atoms with Gasteiger partial charge in [-0.15, -0.1) is 0 Å². The average molecular weight is 435 g/mol. The van der Waals surface area contributed by atoms with Gasteiger partial charge < -0.3 is 15.2 Å². The van der Waals surface area contributed by atoms with E-state index >= 15 is 0 Å². The first-order valence-corrected chi connectivity index (χ1v) is 10.0. The maximum atomic E-state index is 12.4. The third-order valence-corrected chi connectivity index (χ3v) is 5.63. The van der Waals surface area contributed by atoms with Crippen molar-refractivity contribution in [3.63, 3.8) is 0 Å². The van der Waals surface area contributed by atoms with Crippen LogP contribution in [0.15, 0.2) is 42.5 Å². The van der Waals surface area contributed by atoms with Gasteiger partial charge in [0.1, 0.15) is 5.75 Å². The minimum Gasteiger partial charge on any atom is -0.496 e. The molecule has 0 saturated carbocycles. The van der Waals surface area contributed by atoms with E-state index in [0.717, 1.165) is 17.3 Å². The molecule has 7 nitrogen and oxygen atoms in total. The van der Waals surface area contributed by atoms with Crippen LogP contribution in [0.3, 0.4) is 0 Å². The molecule has 152 valence electrons. The van der Waals surface area contributed by atoms with Crippen molar-refractivity contribution in [2.45, 2.75) is 17.8 Å². The average Bonchev–Trinajstić information content (AvgIpc) is 3.03. The number of nitrogens with one attached hydrogen (secondary N) is 2. The zero-order valence-electron chi connectivity index (χ0n) is 15.5. The lowest BCUT2D eigenvalue weighted by atomic mass is 10.0. The fourth-order valence-corrected chi connectivity index (χ4v) is 3.91. The molecule has 1 aliphatic heterocycles. The summed E-state index contributed by atoms with van der Waals surface area (Å²) in [4.78, 5) is 35.3. The van der Waals surface area contributed by atoms with Crippen molar-refractivity contribution in [3.05, 3.63) is 64.2 Å². The van der Waals surface area contributed by atoms with E-state index in [0.29, 0.717) is 22.8 Å². The van der Waals surface area contributed by atoms with Gasteiger partial charge in [0.2, 0.25) is 5.91 Å². The van der Waals surface area contributed by atoms with Gasteiger partial charge in [-0.05, 0) is 35.7 Å². The number of benzene rings is 2. The molecule has 2 aromatic rings. The van der Waals surface area contributed by atoms with Gasteiger partial charge in [-0.1, -0.05) is 47.6 Å². The predicted molar refractivity (Wildman–Crippen MR) is 110 cm³/mol. The molecule has 9 heteroatoms. The molecule has 29 heavy (non-hydrogen) atoms. The number of halogens is 1. The molecule has 3 N–H and O–H groups in total. The number of carbonyl (C=O) groups excluding carboxylic acids is 3. The van der Waals surface area contributed by atoms with E-state index in [1.807, 2.05) is 0 Å². The molecular formula is C20H19ClN2O5S. The summed E-state index contributed by atoms with van der Waals surface area (Å²) < 4.78 is 5.16. The predicted octanol–water partition coefficient (Wildman–Crippen LogP) is 2.71. The molecule has 3 rings (SSSR count). The summed E-state index contributed by atoms with van der Waals surface area (Å²) in [7, 11) is 1.46. The van der Waals surface area contributed by atoms with E-state index in [1.54, 1.807) is 36.4 Å². The molecule has 0 radical (unpaired) electrons. The number of hydrogen-bond donors (Lipinski definition) is 3. The number of thioether (sulfide) groups is 1. The summed E-state index contributed by atoms with van der Waals surface area (Å²) in [5.41, 5.74) is 1.77. The van der Waals surface area contributed by atoms with E-state index in [4.69, 9.17) is 16.3 Å². The first-order valence-electron chi connectivity index (χ1n) is 8.77. The SMILES string of the molecule is COc1ccc(Cl)cc1C(=O)NC[C@@H](O)c1ccc(C[C@H]2SC(=O)NC2=O)cc1. The smallest absolute Gasteiger partial charge is 0.286 e. The fraction of sp³-hybridized carbons (Fsp3) is 0.250. The Bertz CT molecular complexity index is 935. The molecule has 1 heterocycles. The monoisotopic (exact) mass is 434 g/mol.